The van der Waals surface area contributed by atoms with Gasteiger partial charge in [-0.15, -0.1) is 0 Å². The number of carbonyl (C=O) groups excluding carboxylic acids is 2. The minimum atomic E-state index is -0.194. The van der Waals surface area contributed by atoms with Crippen molar-refractivity contribution < 1.29 is 9.59 Å². The summed E-state index contributed by atoms with van der Waals surface area (Å²) >= 11 is 0. The average Bonchev–Trinajstić information content (AvgIpc) is 2.78. The van der Waals surface area contributed by atoms with Gasteiger partial charge in [0.1, 0.15) is 0 Å². The van der Waals surface area contributed by atoms with E-state index in [0.717, 1.165) is 6.42 Å². The van der Waals surface area contributed by atoms with Crippen LogP contribution in [0.25, 0.3) is 0 Å². The second-order valence-corrected chi connectivity index (χ2v) is 5.64. The van der Waals surface area contributed by atoms with Crippen LogP contribution in [0.15, 0.2) is 30.3 Å². The van der Waals surface area contributed by atoms with E-state index < -0.39 is 0 Å². The quantitative estimate of drug-likeness (QED) is 0.886. The zero-order valence-electron chi connectivity index (χ0n) is 12.1. The van der Waals surface area contributed by atoms with Crippen molar-refractivity contribution in [1.29, 1.82) is 0 Å². The maximum Gasteiger partial charge on any atom is 0.225 e. The molecule has 0 aliphatic carbocycles. The summed E-state index contributed by atoms with van der Waals surface area (Å²) in [4.78, 5) is 25.7. The average molecular weight is 274 g/mol. The highest BCUT2D eigenvalue weighted by Crippen LogP contribution is 2.18. The predicted octanol–water partition coefficient (Wildman–Crippen LogP) is 1.60. The molecule has 1 heterocycles. The molecule has 1 atom stereocenters. The molecule has 4 nitrogen and oxygen atoms in total. The summed E-state index contributed by atoms with van der Waals surface area (Å²) in [5.74, 6) is -0.110. The number of hydrogen-bond donors (Lipinski definition) is 1. The molecular weight excluding hydrogens is 252 g/mol. The van der Waals surface area contributed by atoms with Gasteiger partial charge < -0.3 is 10.2 Å². The molecule has 4 heteroatoms. The van der Waals surface area contributed by atoms with Crippen LogP contribution in [0.4, 0.5) is 0 Å². The smallest absolute Gasteiger partial charge is 0.225 e. The summed E-state index contributed by atoms with van der Waals surface area (Å²) < 4.78 is 0. The van der Waals surface area contributed by atoms with Crippen LogP contribution in [0.1, 0.15) is 25.8 Å². The van der Waals surface area contributed by atoms with Crippen LogP contribution in [0.2, 0.25) is 0 Å². The maximum atomic E-state index is 11.9. The zero-order chi connectivity index (χ0) is 14.5. The normalized spacial score (nSPS) is 18.6. The Bertz CT molecular complexity index is 471. The Kier molecular flexibility index (Phi) is 4.77. The summed E-state index contributed by atoms with van der Waals surface area (Å²) in [6.07, 6.45) is 1.18. The highest BCUT2D eigenvalue weighted by atomic mass is 16.2. The number of nitrogens with zero attached hydrogens (tertiary/aromatic N) is 1. The molecule has 1 aliphatic heterocycles. The molecule has 2 rings (SSSR count). The molecule has 1 N–H and O–H groups in total. The summed E-state index contributed by atoms with van der Waals surface area (Å²) in [5.41, 5.74) is 1.22. The molecule has 0 bridgehead atoms. The van der Waals surface area contributed by atoms with Gasteiger partial charge in [-0.05, 0) is 25.8 Å². The van der Waals surface area contributed by atoms with Crippen LogP contribution in [0.5, 0.6) is 0 Å². The summed E-state index contributed by atoms with van der Waals surface area (Å²) in [6.45, 7) is 5.10. The standard InChI is InChI=1S/C16H22N2O2/c1-12(2)17-16(20)14-10-15(19)18(11-14)9-8-13-6-4-3-5-7-13/h3-7,12,14H,8-11H2,1-2H3,(H,17,20)/t14-/m0/s1. The molecule has 2 amide bonds. The van der Waals surface area contributed by atoms with E-state index in [9.17, 15) is 9.59 Å². The van der Waals surface area contributed by atoms with Gasteiger partial charge in [0.25, 0.3) is 0 Å². The molecule has 0 spiro atoms. The Hall–Kier alpha value is -1.84. The van der Waals surface area contributed by atoms with Gasteiger partial charge in [-0.3, -0.25) is 9.59 Å². The molecule has 1 aliphatic rings. The lowest BCUT2D eigenvalue weighted by Crippen LogP contribution is -2.37. The first-order chi connectivity index (χ1) is 9.56. The summed E-state index contributed by atoms with van der Waals surface area (Å²) in [7, 11) is 0. The van der Waals surface area contributed by atoms with Gasteiger partial charge in [-0.25, -0.2) is 0 Å². The van der Waals surface area contributed by atoms with E-state index in [2.05, 4.69) is 17.4 Å². The van der Waals surface area contributed by atoms with Crippen LogP contribution < -0.4 is 5.32 Å². The molecule has 1 aromatic carbocycles. The van der Waals surface area contributed by atoms with Crippen molar-refractivity contribution in [2.24, 2.45) is 5.92 Å². The molecule has 1 saturated heterocycles. The Morgan fingerprint density at radius 3 is 2.70 bits per heavy atom. The minimum Gasteiger partial charge on any atom is -0.354 e. The topological polar surface area (TPSA) is 49.4 Å². The van der Waals surface area contributed by atoms with Crippen molar-refractivity contribution in [1.82, 2.24) is 10.2 Å². The SMILES string of the molecule is CC(C)NC(=O)[C@H]1CC(=O)N(CCc2ccccc2)C1. The first kappa shape index (κ1) is 14.6. The van der Waals surface area contributed by atoms with Gasteiger partial charge in [0.2, 0.25) is 11.8 Å². The number of likely N-dealkylation sites (tertiary alicyclic amines) is 1. The number of amides is 2. The highest BCUT2D eigenvalue weighted by molar-refractivity contribution is 5.89. The number of hydrogen-bond acceptors (Lipinski definition) is 2. The van der Waals surface area contributed by atoms with Crippen molar-refractivity contribution >= 4 is 11.8 Å². The first-order valence-electron chi connectivity index (χ1n) is 7.18. The Morgan fingerprint density at radius 1 is 1.35 bits per heavy atom. The largest absolute Gasteiger partial charge is 0.354 e. The molecule has 0 aromatic heterocycles. The lowest BCUT2D eigenvalue weighted by Gasteiger charge is -2.17. The van der Waals surface area contributed by atoms with Crippen LogP contribution in [0, 0.1) is 5.92 Å². The van der Waals surface area contributed by atoms with Crippen molar-refractivity contribution in [3.05, 3.63) is 35.9 Å². The number of carbonyl (C=O) groups is 2. The van der Waals surface area contributed by atoms with Gasteiger partial charge in [-0.2, -0.15) is 0 Å². The van der Waals surface area contributed by atoms with Gasteiger partial charge >= 0.3 is 0 Å². The fourth-order valence-corrected chi connectivity index (χ4v) is 2.47. The van der Waals surface area contributed by atoms with Gasteiger partial charge in [-0.1, -0.05) is 30.3 Å². The fourth-order valence-electron chi connectivity index (χ4n) is 2.47. The molecule has 0 saturated carbocycles. The molecule has 108 valence electrons. The third-order valence-corrected chi connectivity index (χ3v) is 3.53. The molecular formula is C16H22N2O2. The third kappa shape index (κ3) is 3.83. The van der Waals surface area contributed by atoms with Crippen LogP contribution in [-0.2, 0) is 16.0 Å². The van der Waals surface area contributed by atoms with Crippen molar-refractivity contribution in [2.75, 3.05) is 13.1 Å². The molecule has 1 fully saturated rings. The van der Waals surface area contributed by atoms with E-state index in [4.69, 9.17) is 0 Å². The molecule has 20 heavy (non-hydrogen) atoms. The van der Waals surface area contributed by atoms with E-state index in [0.29, 0.717) is 19.5 Å². The summed E-state index contributed by atoms with van der Waals surface area (Å²) in [6, 6.07) is 10.2. The predicted molar refractivity (Wildman–Crippen MR) is 78.1 cm³/mol. The molecule has 0 radical (unpaired) electrons. The lowest BCUT2D eigenvalue weighted by atomic mass is 10.1. The van der Waals surface area contributed by atoms with Crippen molar-refractivity contribution in [3.8, 4) is 0 Å². The molecule has 1 aromatic rings. The van der Waals surface area contributed by atoms with Crippen molar-refractivity contribution in [2.45, 2.75) is 32.7 Å². The van der Waals surface area contributed by atoms with Crippen molar-refractivity contribution in [3.63, 3.8) is 0 Å². The first-order valence-corrected chi connectivity index (χ1v) is 7.18. The fraction of sp³-hybridized carbons (Fsp3) is 0.500. The van der Waals surface area contributed by atoms with Gasteiger partial charge in [0.05, 0.1) is 5.92 Å². The maximum absolute atomic E-state index is 11.9. The number of nitrogens with one attached hydrogen (secondary N) is 1. The van der Waals surface area contributed by atoms with E-state index in [-0.39, 0.29) is 23.8 Å². The van der Waals surface area contributed by atoms with E-state index in [1.165, 1.54) is 5.56 Å². The molecule has 0 unspecified atom stereocenters. The number of benzene rings is 1. The number of rotatable bonds is 5. The second kappa shape index (κ2) is 6.55. The van der Waals surface area contributed by atoms with Crippen LogP contribution in [0.3, 0.4) is 0 Å². The van der Waals surface area contributed by atoms with E-state index in [1.54, 1.807) is 4.90 Å². The van der Waals surface area contributed by atoms with Crippen LogP contribution in [-0.4, -0.2) is 35.8 Å². The monoisotopic (exact) mass is 274 g/mol. The zero-order valence-corrected chi connectivity index (χ0v) is 12.1. The van der Waals surface area contributed by atoms with Gasteiger partial charge in [0, 0.05) is 25.6 Å². The Morgan fingerprint density at radius 2 is 2.05 bits per heavy atom. The minimum absolute atomic E-state index is 0.00411. The van der Waals surface area contributed by atoms with E-state index >= 15 is 0 Å². The Labute approximate surface area is 120 Å². The Balaban J connectivity index is 1.85. The summed E-state index contributed by atoms with van der Waals surface area (Å²) in [5, 5.41) is 2.88. The second-order valence-electron chi connectivity index (χ2n) is 5.64. The highest BCUT2D eigenvalue weighted by Gasteiger charge is 2.33. The van der Waals surface area contributed by atoms with Gasteiger partial charge in [0.15, 0.2) is 0 Å². The third-order valence-electron chi connectivity index (χ3n) is 3.53. The van der Waals surface area contributed by atoms with Crippen LogP contribution >= 0.6 is 0 Å². The lowest BCUT2D eigenvalue weighted by molar-refractivity contribution is -0.129. The van der Waals surface area contributed by atoms with E-state index in [1.807, 2.05) is 32.0 Å².